The first kappa shape index (κ1) is 12.4. The van der Waals surface area contributed by atoms with Gasteiger partial charge in [-0.3, -0.25) is 0 Å². The molecule has 4 heteroatoms. The van der Waals surface area contributed by atoms with E-state index in [1.54, 1.807) is 11.8 Å². The van der Waals surface area contributed by atoms with Gasteiger partial charge in [-0.2, -0.15) is 23.5 Å². The predicted octanol–water partition coefficient (Wildman–Crippen LogP) is 3.13. The maximum Gasteiger partial charge on any atom is 0.118 e. The number of nitrogens with one attached hydrogen (secondary N) is 1. The van der Waals surface area contributed by atoms with Crippen LogP contribution in [-0.4, -0.2) is 23.8 Å². The summed E-state index contributed by atoms with van der Waals surface area (Å²) >= 11 is 3.89. The van der Waals surface area contributed by atoms with Crippen LogP contribution >= 0.6 is 23.5 Å². The molecule has 2 nitrogen and oxygen atoms in total. The van der Waals surface area contributed by atoms with Gasteiger partial charge in [-0.25, -0.2) is 0 Å². The molecule has 1 atom stereocenters. The predicted molar refractivity (Wildman–Crippen MR) is 73.1 cm³/mol. The van der Waals surface area contributed by atoms with Gasteiger partial charge in [0.25, 0.3) is 0 Å². The highest BCUT2D eigenvalue weighted by molar-refractivity contribution is 8.00. The third-order valence-electron chi connectivity index (χ3n) is 2.70. The monoisotopic (exact) mass is 257 g/mol. The van der Waals surface area contributed by atoms with Crippen molar-refractivity contribution in [2.45, 2.75) is 30.4 Å². The van der Waals surface area contributed by atoms with E-state index in [4.69, 9.17) is 4.42 Å². The van der Waals surface area contributed by atoms with Crippen molar-refractivity contribution in [1.29, 1.82) is 0 Å². The lowest BCUT2D eigenvalue weighted by atomic mass is 10.2. The average molecular weight is 257 g/mol. The topological polar surface area (TPSA) is 25.2 Å². The van der Waals surface area contributed by atoms with Gasteiger partial charge in [0, 0.05) is 11.8 Å². The van der Waals surface area contributed by atoms with Crippen molar-refractivity contribution in [1.82, 2.24) is 5.32 Å². The van der Waals surface area contributed by atoms with Crippen LogP contribution in [0.25, 0.3) is 0 Å². The largest absolute Gasteiger partial charge is 0.464 e. The Balaban J connectivity index is 1.67. The molecule has 1 unspecified atom stereocenters. The summed E-state index contributed by atoms with van der Waals surface area (Å²) in [6, 6.07) is 4.16. The summed E-state index contributed by atoms with van der Waals surface area (Å²) in [6.45, 7) is 1.98. The van der Waals surface area contributed by atoms with Crippen molar-refractivity contribution in [3.05, 3.63) is 23.7 Å². The van der Waals surface area contributed by atoms with E-state index in [1.807, 2.05) is 0 Å². The van der Waals surface area contributed by atoms with Gasteiger partial charge in [0.05, 0.1) is 12.3 Å². The summed E-state index contributed by atoms with van der Waals surface area (Å²) in [7, 11) is 0. The first-order valence-corrected chi connectivity index (χ1v) is 8.21. The van der Waals surface area contributed by atoms with Gasteiger partial charge in [0.2, 0.25) is 0 Å². The summed E-state index contributed by atoms with van der Waals surface area (Å²) in [5.74, 6) is 4.45. The number of thioether (sulfide) groups is 2. The smallest absolute Gasteiger partial charge is 0.118 e. The van der Waals surface area contributed by atoms with E-state index >= 15 is 0 Å². The quantitative estimate of drug-likeness (QED) is 0.846. The minimum atomic E-state index is 0.820. The highest BCUT2D eigenvalue weighted by Gasteiger charge is 2.14. The SMILES string of the molecule is CSCc1ccc(CNCC2CCCS2)o1. The Labute approximate surface area is 106 Å². The molecule has 16 heavy (non-hydrogen) atoms. The third kappa shape index (κ3) is 3.75. The van der Waals surface area contributed by atoms with Gasteiger partial charge in [0.1, 0.15) is 11.5 Å². The summed E-state index contributed by atoms with van der Waals surface area (Å²) in [4.78, 5) is 0. The van der Waals surface area contributed by atoms with Gasteiger partial charge < -0.3 is 9.73 Å². The minimum absolute atomic E-state index is 0.820. The van der Waals surface area contributed by atoms with Crippen molar-refractivity contribution in [2.24, 2.45) is 0 Å². The summed E-state index contributed by atoms with van der Waals surface area (Å²) in [5, 5.41) is 4.30. The van der Waals surface area contributed by atoms with Crippen LogP contribution in [-0.2, 0) is 12.3 Å². The van der Waals surface area contributed by atoms with Crippen LogP contribution < -0.4 is 5.32 Å². The molecule has 0 bridgehead atoms. The van der Waals surface area contributed by atoms with Gasteiger partial charge in [-0.15, -0.1) is 0 Å². The van der Waals surface area contributed by atoms with E-state index in [0.717, 1.165) is 35.6 Å². The molecule has 1 aromatic heterocycles. The van der Waals surface area contributed by atoms with E-state index in [9.17, 15) is 0 Å². The third-order valence-corrected chi connectivity index (χ3v) is 4.67. The van der Waals surface area contributed by atoms with Crippen LogP contribution in [0.5, 0.6) is 0 Å². The molecule has 1 aliphatic rings. The van der Waals surface area contributed by atoms with Crippen molar-refractivity contribution in [2.75, 3.05) is 18.6 Å². The van der Waals surface area contributed by atoms with E-state index in [-0.39, 0.29) is 0 Å². The van der Waals surface area contributed by atoms with E-state index in [1.165, 1.54) is 18.6 Å². The normalized spacial score (nSPS) is 20.4. The minimum Gasteiger partial charge on any atom is -0.464 e. The summed E-state index contributed by atoms with van der Waals surface area (Å²) < 4.78 is 5.70. The highest BCUT2D eigenvalue weighted by atomic mass is 32.2. The molecule has 2 rings (SSSR count). The fourth-order valence-corrected chi connectivity index (χ4v) is 3.57. The molecule has 1 aliphatic heterocycles. The Kier molecular flexibility index (Phi) is 5.13. The molecule has 0 spiro atoms. The second kappa shape index (κ2) is 6.62. The molecule has 0 radical (unpaired) electrons. The zero-order valence-electron chi connectivity index (χ0n) is 9.70. The van der Waals surface area contributed by atoms with Gasteiger partial charge in [-0.1, -0.05) is 0 Å². The molecule has 1 N–H and O–H groups in total. The Morgan fingerprint density at radius 3 is 3.12 bits per heavy atom. The molecule has 2 heterocycles. The van der Waals surface area contributed by atoms with Crippen LogP contribution in [0.2, 0.25) is 0 Å². The molecular formula is C12H19NOS2. The van der Waals surface area contributed by atoms with Crippen LogP contribution in [0.15, 0.2) is 16.5 Å². The van der Waals surface area contributed by atoms with Crippen molar-refractivity contribution in [3.63, 3.8) is 0 Å². The molecule has 1 fully saturated rings. The Hall–Kier alpha value is -0.0600. The van der Waals surface area contributed by atoms with Crippen molar-refractivity contribution < 1.29 is 4.42 Å². The molecule has 0 aliphatic carbocycles. The van der Waals surface area contributed by atoms with Crippen LogP contribution in [0.3, 0.4) is 0 Å². The molecule has 90 valence electrons. The van der Waals surface area contributed by atoms with Crippen molar-refractivity contribution >= 4 is 23.5 Å². The number of furan rings is 1. The lowest BCUT2D eigenvalue weighted by Crippen LogP contribution is -2.22. The Bertz CT molecular complexity index is 308. The first-order valence-electron chi connectivity index (χ1n) is 5.77. The number of hydrogen-bond donors (Lipinski definition) is 1. The fraction of sp³-hybridized carbons (Fsp3) is 0.667. The molecule has 0 aromatic carbocycles. The maximum absolute atomic E-state index is 5.70. The van der Waals surface area contributed by atoms with Crippen LogP contribution in [0.1, 0.15) is 24.4 Å². The van der Waals surface area contributed by atoms with E-state index in [2.05, 4.69) is 35.5 Å². The number of rotatable bonds is 6. The average Bonchev–Trinajstić information content (AvgIpc) is 2.90. The highest BCUT2D eigenvalue weighted by Crippen LogP contribution is 2.25. The molecule has 1 aromatic rings. The molecule has 0 amide bonds. The zero-order valence-corrected chi connectivity index (χ0v) is 11.3. The van der Waals surface area contributed by atoms with Crippen molar-refractivity contribution in [3.8, 4) is 0 Å². The summed E-state index contributed by atoms with van der Waals surface area (Å²) in [6.07, 6.45) is 4.85. The standard InChI is InChI=1S/C12H19NOS2/c1-15-9-11-5-4-10(14-11)7-13-8-12-3-2-6-16-12/h4-5,12-13H,2-3,6-9H2,1H3. The van der Waals surface area contributed by atoms with Gasteiger partial charge >= 0.3 is 0 Å². The van der Waals surface area contributed by atoms with E-state index < -0.39 is 0 Å². The Morgan fingerprint density at radius 2 is 2.38 bits per heavy atom. The van der Waals surface area contributed by atoms with Gasteiger partial charge in [0.15, 0.2) is 0 Å². The first-order chi connectivity index (χ1) is 7.88. The van der Waals surface area contributed by atoms with Crippen LogP contribution in [0, 0.1) is 0 Å². The molecule has 1 saturated heterocycles. The van der Waals surface area contributed by atoms with E-state index in [0.29, 0.717) is 0 Å². The number of hydrogen-bond acceptors (Lipinski definition) is 4. The molecular weight excluding hydrogens is 238 g/mol. The zero-order chi connectivity index (χ0) is 11.2. The summed E-state index contributed by atoms with van der Waals surface area (Å²) in [5.41, 5.74) is 0. The van der Waals surface area contributed by atoms with Gasteiger partial charge in [-0.05, 0) is 37.0 Å². The maximum atomic E-state index is 5.70. The Morgan fingerprint density at radius 1 is 1.50 bits per heavy atom. The lowest BCUT2D eigenvalue weighted by Gasteiger charge is -2.08. The lowest BCUT2D eigenvalue weighted by molar-refractivity contribution is 0.459. The second-order valence-corrected chi connectivity index (χ2v) is 6.34. The second-order valence-electron chi connectivity index (χ2n) is 4.07. The molecule has 0 saturated carbocycles. The fourth-order valence-electron chi connectivity index (χ4n) is 1.90. The van der Waals surface area contributed by atoms with Crippen LogP contribution in [0.4, 0.5) is 0 Å².